The minimum atomic E-state index is -4.69. The summed E-state index contributed by atoms with van der Waals surface area (Å²) in [7, 11) is 0. The predicted octanol–water partition coefficient (Wildman–Crippen LogP) is 2.60. The van der Waals surface area contributed by atoms with Crippen LogP contribution in [0.5, 0.6) is 0 Å². The van der Waals surface area contributed by atoms with Crippen LogP contribution in [0.4, 0.5) is 23.9 Å². The normalized spacial score (nSPS) is 20.2. The minimum absolute atomic E-state index is 0.128. The molecule has 2 N–H and O–H groups in total. The first-order valence-electron chi connectivity index (χ1n) is 7.71. The fourth-order valence-corrected chi connectivity index (χ4v) is 2.92. The molecule has 138 valence electrons. The van der Waals surface area contributed by atoms with Crippen LogP contribution in [-0.4, -0.2) is 50.8 Å². The molecule has 0 unspecified atom stereocenters. The molecule has 2 amide bonds. The lowest BCUT2D eigenvalue weighted by Gasteiger charge is -2.18. The molecule has 7 nitrogen and oxygen atoms in total. The maximum Gasteiger partial charge on any atom is 0.394 e. The third-order valence-corrected chi connectivity index (χ3v) is 4.24. The number of nitrogens with one attached hydrogen (secondary N) is 1. The number of para-hydroxylation sites is 1. The van der Waals surface area contributed by atoms with Crippen LogP contribution < -0.4 is 5.32 Å². The van der Waals surface area contributed by atoms with Crippen molar-refractivity contribution in [2.45, 2.75) is 6.18 Å². The number of likely N-dealkylation sites (tertiary alicyclic amines) is 1. The highest BCUT2D eigenvalue weighted by atomic mass is 19.4. The Morgan fingerprint density at radius 1 is 1.19 bits per heavy atom. The molecule has 1 aromatic carbocycles. The number of hydrogen-bond donors (Lipinski definition) is 2. The van der Waals surface area contributed by atoms with Gasteiger partial charge < -0.3 is 10.0 Å². The number of anilines is 1. The fourth-order valence-electron chi connectivity index (χ4n) is 2.92. The van der Waals surface area contributed by atoms with Crippen molar-refractivity contribution in [1.29, 1.82) is 0 Å². The number of carbonyl (C=O) groups excluding carboxylic acids is 1. The average molecular weight is 368 g/mol. The summed E-state index contributed by atoms with van der Waals surface area (Å²) in [5.74, 6) is -5.23. The van der Waals surface area contributed by atoms with Gasteiger partial charge in [0.1, 0.15) is 0 Å². The number of aliphatic carboxylic acids is 1. The minimum Gasteiger partial charge on any atom is -0.481 e. The number of carbonyl (C=O) groups is 2. The van der Waals surface area contributed by atoms with Crippen LogP contribution in [-0.2, 0) is 4.79 Å². The third-order valence-electron chi connectivity index (χ3n) is 4.24. The van der Waals surface area contributed by atoms with Gasteiger partial charge in [0.2, 0.25) is 5.95 Å². The molecule has 1 aromatic heterocycles. The van der Waals surface area contributed by atoms with Gasteiger partial charge in [-0.15, -0.1) is 0 Å². The number of carboxylic acid groups (broad SMARTS) is 1. The molecule has 10 heteroatoms. The van der Waals surface area contributed by atoms with Crippen LogP contribution >= 0.6 is 0 Å². The summed E-state index contributed by atoms with van der Waals surface area (Å²) in [6.07, 6.45) is -1.67. The third kappa shape index (κ3) is 3.48. The van der Waals surface area contributed by atoms with E-state index in [0.717, 1.165) is 4.90 Å². The number of urea groups is 1. The van der Waals surface area contributed by atoms with Crippen LogP contribution in [0, 0.1) is 11.8 Å². The van der Waals surface area contributed by atoms with Gasteiger partial charge in [0.05, 0.1) is 11.8 Å². The van der Waals surface area contributed by atoms with Crippen molar-refractivity contribution >= 4 is 17.9 Å². The highest BCUT2D eigenvalue weighted by molar-refractivity contribution is 5.89. The lowest BCUT2D eigenvalue weighted by Crippen LogP contribution is -2.35. The van der Waals surface area contributed by atoms with Crippen LogP contribution in [0.3, 0.4) is 0 Å². The second kappa shape index (κ2) is 6.70. The SMILES string of the molecule is O=C(O)[C@@H]1CN(C(=O)Nc2nccn2-c2ccccc2)C[C@H]1C(F)(F)F. The number of benzene rings is 1. The molecule has 0 spiro atoms. The zero-order valence-electron chi connectivity index (χ0n) is 13.3. The molecule has 0 radical (unpaired) electrons. The van der Waals surface area contributed by atoms with E-state index in [1.807, 2.05) is 6.07 Å². The molecule has 1 aliphatic rings. The van der Waals surface area contributed by atoms with Crippen molar-refractivity contribution in [3.63, 3.8) is 0 Å². The van der Waals surface area contributed by atoms with Crippen molar-refractivity contribution in [2.75, 3.05) is 18.4 Å². The Morgan fingerprint density at radius 3 is 2.46 bits per heavy atom. The lowest BCUT2D eigenvalue weighted by atomic mass is 9.96. The number of rotatable bonds is 3. The molecule has 0 aliphatic carbocycles. The maximum atomic E-state index is 13.0. The van der Waals surface area contributed by atoms with Gasteiger partial charge in [-0.3, -0.25) is 14.7 Å². The summed E-state index contributed by atoms with van der Waals surface area (Å²) < 4.78 is 40.7. The van der Waals surface area contributed by atoms with Gasteiger partial charge in [-0.2, -0.15) is 13.2 Å². The number of imidazole rings is 1. The van der Waals surface area contributed by atoms with Crippen LogP contribution in [0.25, 0.3) is 5.69 Å². The van der Waals surface area contributed by atoms with Gasteiger partial charge in [0.15, 0.2) is 0 Å². The smallest absolute Gasteiger partial charge is 0.394 e. The van der Waals surface area contributed by atoms with Crippen LogP contribution in [0.1, 0.15) is 0 Å². The lowest BCUT2D eigenvalue weighted by molar-refractivity contribution is -0.187. The van der Waals surface area contributed by atoms with E-state index in [1.165, 1.54) is 6.20 Å². The van der Waals surface area contributed by atoms with Crippen molar-refractivity contribution < 1.29 is 27.9 Å². The Morgan fingerprint density at radius 2 is 1.88 bits per heavy atom. The maximum absolute atomic E-state index is 13.0. The summed E-state index contributed by atoms with van der Waals surface area (Å²) in [6, 6.07) is 8.10. The van der Waals surface area contributed by atoms with Crippen molar-refractivity contribution in [1.82, 2.24) is 14.5 Å². The summed E-state index contributed by atoms with van der Waals surface area (Å²) in [6.45, 7) is -1.23. The van der Waals surface area contributed by atoms with Gasteiger partial charge in [-0.1, -0.05) is 18.2 Å². The quantitative estimate of drug-likeness (QED) is 0.872. The number of nitrogens with zero attached hydrogens (tertiary/aromatic N) is 3. The second-order valence-corrected chi connectivity index (χ2v) is 5.88. The standard InChI is InChI=1S/C16H15F3N4O3/c17-16(18,19)12-9-22(8-11(12)13(24)25)15(26)21-14-20-6-7-23(14)10-4-2-1-3-5-10/h1-7,11-12H,8-9H2,(H,24,25)(H,20,21,26)/t11-,12-/m1/s1. The number of amides is 2. The molecule has 2 atom stereocenters. The summed E-state index contributed by atoms with van der Waals surface area (Å²) in [5.41, 5.74) is 0.707. The fraction of sp³-hybridized carbons (Fsp3) is 0.312. The van der Waals surface area contributed by atoms with Gasteiger partial charge >= 0.3 is 18.2 Å². The molecular weight excluding hydrogens is 353 g/mol. The topological polar surface area (TPSA) is 87.5 Å². The van der Waals surface area contributed by atoms with Gasteiger partial charge in [-0.05, 0) is 12.1 Å². The molecule has 2 heterocycles. The molecular formula is C16H15F3N4O3. The zero-order valence-corrected chi connectivity index (χ0v) is 13.3. The Bertz CT molecular complexity index is 807. The van der Waals surface area contributed by atoms with Gasteiger partial charge in [0.25, 0.3) is 0 Å². The van der Waals surface area contributed by atoms with E-state index < -0.39 is 43.1 Å². The van der Waals surface area contributed by atoms with Gasteiger partial charge in [0, 0.05) is 31.2 Å². The number of carboxylic acids is 1. The highest BCUT2D eigenvalue weighted by Gasteiger charge is 2.53. The Kier molecular flexibility index (Phi) is 4.58. The molecule has 1 fully saturated rings. The summed E-state index contributed by atoms with van der Waals surface area (Å²) >= 11 is 0. The first-order chi connectivity index (χ1) is 12.3. The highest BCUT2D eigenvalue weighted by Crippen LogP contribution is 2.37. The number of aromatic nitrogens is 2. The van der Waals surface area contributed by atoms with Crippen LogP contribution in [0.2, 0.25) is 0 Å². The number of hydrogen-bond acceptors (Lipinski definition) is 3. The van der Waals surface area contributed by atoms with Gasteiger partial charge in [-0.25, -0.2) is 9.78 Å². The molecule has 26 heavy (non-hydrogen) atoms. The van der Waals surface area contributed by atoms with E-state index >= 15 is 0 Å². The van der Waals surface area contributed by atoms with Crippen molar-refractivity contribution in [2.24, 2.45) is 11.8 Å². The van der Waals surface area contributed by atoms with E-state index in [9.17, 15) is 22.8 Å². The van der Waals surface area contributed by atoms with Crippen molar-refractivity contribution in [3.8, 4) is 5.69 Å². The van der Waals surface area contributed by atoms with E-state index in [1.54, 1.807) is 35.0 Å². The van der Waals surface area contributed by atoms with E-state index in [2.05, 4.69) is 10.3 Å². The molecule has 0 saturated carbocycles. The largest absolute Gasteiger partial charge is 0.481 e. The van der Waals surface area contributed by atoms with Crippen LogP contribution in [0.15, 0.2) is 42.7 Å². The molecule has 1 saturated heterocycles. The molecule has 2 aromatic rings. The number of halogens is 3. The predicted molar refractivity (Wildman–Crippen MR) is 84.8 cm³/mol. The number of alkyl halides is 3. The molecule has 1 aliphatic heterocycles. The van der Waals surface area contributed by atoms with E-state index in [-0.39, 0.29) is 5.95 Å². The average Bonchev–Trinajstić information content (AvgIpc) is 3.22. The Labute approximate surface area is 146 Å². The molecule has 3 rings (SSSR count). The first kappa shape index (κ1) is 17.8. The van der Waals surface area contributed by atoms with E-state index in [4.69, 9.17) is 5.11 Å². The summed E-state index contributed by atoms with van der Waals surface area (Å²) in [5, 5.41) is 11.5. The van der Waals surface area contributed by atoms with Crippen molar-refractivity contribution in [3.05, 3.63) is 42.7 Å². The first-order valence-corrected chi connectivity index (χ1v) is 7.71. The summed E-state index contributed by atoms with van der Waals surface area (Å²) in [4.78, 5) is 28.3. The Hall–Kier alpha value is -3.04. The molecule has 0 bridgehead atoms. The zero-order chi connectivity index (χ0) is 18.9. The second-order valence-electron chi connectivity index (χ2n) is 5.88. The monoisotopic (exact) mass is 368 g/mol. The van der Waals surface area contributed by atoms with E-state index in [0.29, 0.717) is 5.69 Å². The Balaban J connectivity index is 1.76.